The summed E-state index contributed by atoms with van der Waals surface area (Å²) in [5.74, 6) is 0.798. The lowest BCUT2D eigenvalue weighted by Crippen LogP contribution is -2.08. The summed E-state index contributed by atoms with van der Waals surface area (Å²) in [6, 6.07) is 10.3. The molecule has 0 spiro atoms. The molecule has 0 bridgehead atoms. The van der Waals surface area contributed by atoms with Crippen LogP contribution in [0.1, 0.15) is 29.5 Å². The summed E-state index contributed by atoms with van der Waals surface area (Å²) in [5, 5.41) is 7.87. The first-order valence-corrected chi connectivity index (χ1v) is 6.89. The van der Waals surface area contributed by atoms with Gasteiger partial charge in [-0.3, -0.25) is 0 Å². The van der Waals surface area contributed by atoms with Gasteiger partial charge in [-0.2, -0.15) is 0 Å². The number of hydrogen-bond donors (Lipinski definition) is 0. The number of ether oxygens (including phenoxy) is 2. The van der Waals surface area contributed by atoms with Crippen LogP contribution < -0.4 is 4.74 Å². The normalized spacial score (nSPS) is 11.9. The maximum Gasteiger partial charge on any atom is 0.374 e. The Morgan fingerprint density at radius 1 is 1.17 bits per heavy atom. The molecule has 0 aliphatic heterocycles. The molecule has 2 aromatic heterocycles. The Bertz CT molecular complexity index is 777. The summed E-state index contributed by atoms with van der Waals surface area (Å²) >= 11 is 0. The van der Waals surface area contributed by atoms with Crippen LogP contribution in [0, 0.1) is 0 Å². The Kier molecular flexibility index (Phi) is 4.09. The number of carbonyl (C=O) groups excluding carboxylic acids is 1. The van der Waals surface area contributed by atoms with E-state index in [2.05, 4.69) is 10.2 Å². The second-order valence-electron chi connectivity index (χ2n) is 4.70. The van der Waals surface area contributed by atoms with Gasteiger partial charge in [-0.15, -0.1) is 10.2 Å². The molecule has 0 amide bonds. The van der Waals surface area contributed by atoms with Crippen molar-refractivity contribution in [2.45, 2.75) is 13.0 Å². The summed E-state index contributed by atoms with van der Waals surface area (Å²) < 4.78 is 20.8. The average Bonchev–Trinajstić information content (AvgIpc) is 3.26. The third-order valence-corrected chi connectivity index (χ3v) is 3.13. The Morgan fingerprint density at radius 3 is 2.61 bits per heavy atom. The molecule has 0 fully saturated rings. The second kappa shape index (κ2) is 6.35. The summed E-state index contributed by atoms with van der Waals surface area (Å²) in [7, 11) is 1.59. The molecule has 7 nitrogen and oxygen atoms in total. The van der Waals surface area contributed by atoms with Gasteiger partial charge in [-0.25, -0.2) is 4.79 Å². The number of esters is 1. The number of furan rings is 1. The number of nitrogens with zero attached hydrogens (tertiary/aromatic N) is 2. The fourth-order valence-electron chi connectivity index (χ4n) is 1.91. The predicted octanol–water partition coefficient (Wildman–Crippen LogP) is 3.26. The third kappa shape index (κ3) is 3.23. The largest absolute Gasteiger partial charge is 0.497 e. The van der Waals surface area contributed by atoms with Crippen molar-refractivity contribution < 1.29 is 23.1 Å². The lowest BCUT2D eigenvalue weighted by atomic mass is 10.2. The van der Waals surface area contributed by atoms with Crippen molar-refractivity contribution in [3.63, 3.8) is 0 Å². The smallest absolute Gasteiger partial charge is 0.374 e. The molecule has 0 aliphatic rings. The molecule has 7 heteroatoms. The molecule has 0 aliphatic carbocycles. The highest BCUT2D eigenvalue weighted by Crippen LogP contribution is 2.24. The van der Waals surface area contributed by atoms with Crippen LogP contribution >= 0.6 is 0 Å². The zero-order valence-corrected chi connectivity index (χ0v) is 12.6. The van der Waals surface area contributed by atoms with Crippen LogP contribution in [0.2, 0.25) is 0 Å². The minimum atomic E-state index is -0.688. The third-order valence-electron chi connectivity index (χ3n) is 3.13. The van der Waals surface area contributed by atoms with E-state index in [4.69, 9.17) is 18.3 Å². The van der Waals surface area contributed by atoms with E-state index in [1.54, 1.807) is 44.4 Å². The minimum absolute atomic E-state index is 0.117. The number of benzene rings is 1. The van der Waals surface area contributed by atoms with Gasteiger partial charge in [0.15, 0.2) is 6.10 Å². The first-order valence-electron chi connectivity index (χ1n) is 6.89. The van der Waals surface area contributed by atoms with Crippen molar-refractivity contribution in [2.75, 3.05) is 7.11 Å². The molecule has 1 aromatic carbocycles. The Morgan fingerprint density at radius 2 is 1.96 bits per heavy atom. The van der Waals surface area contributed by atoms with Crippen molar-refractivity contribution >= 4 is 5.97 Å². The lowest BCUT2D eigenvalue weighted by molar-refractivity contribution is 0.0244. The molecular formula is C16H14N2O5. The van der Waals surface area contributed by atoms with Crippen LogP contribution in [-0.4, -0.2) is 23.3 Å². The highest BCUT2D eigenvalue weighted by atomic mass is 16.6. The highest BCUT2D eigenvalue weighted by molar-refractivity contribution is 5.86. The number of rotatable bonds is 5. The second-order valence-corrected chi connectivity index (χ2v) is 4.70. The molecule has 0 radical (unpaired) electrons. The van der Waals surface area contributed by atoms with E-state index < -0.39 is 12.1 Å². The van der Waals surface area contributed by atoms with Crippen molar-refractivity contribution in [1.82, 2.24) is 10.2 Å². The van der Waals surface area contributed by atoms with Gasteiger partial charge < -0.3 is 18.3 Å². The van der Waals surface area contributed by atoms with E-state index in [-0.39, 0.29) is 11.7 Å². The van der Waals surface area contributed by atoms with Crippen molar-refractivity contribution in [1.29, 1.82) is 0 Å². The monoisotopic (exact) mass is 314 g/mol. The van der Waals surface area contributed by atoms with E-state index in [9.17, 15) is 4.79 Å². The van der Waals surface area contributed by atoms with Gasteiger partial charge in [0.2, 0.25) is 11.7 Å². The lowest BCUT2D eigenvalue weighted by Gasteiger charge is -2.07. The van der Waals surface area contributed by atoms with Gasteiger partial charge in [-0.1, -0.05) is 0 Å². The molecule has 0 saturated carbocycles. The summed E-state index contributed by atoms with van der Waals surface area (Å²) in [4.78, 5) is 11.8. The number of hydrogen-bond acceptors (Lipinski definition) is 7. The van der Waals surface area contributed by atoms with Crippen molar-refractivity contribution in [3.05, 3.63) is 54.3 Å². The molecule has 0 unspecified atom stereocenters. The van der Waals surface area contributed by atoms with Crippen molar-refractivity contribution in [2.24, 2.45) is 0 Å². The van der Waals surface area contributed by atoms with E-state index in [0.29, 0.717) is 5.89 Å². The van der Waals surface area contributed by atoms with E-state index in [1.807, 2.05) is 0 Å². The molecule has 2 heterocycles. The first kappa shape index (κ1) is 14.8. The average molecular weight is 314 g/mol. The van der Waals surface area contributed by atoms with Crippen LogP contribution in [0.15, 0.2) is 51.5 Å². The highest BCUT2D eigenvalue weighted by Gasteiger charge is 2.21. The fraction of sp³-hybridized carbons (Fsp3) is 0.188. The van der Waals surface area contributed by atoms with Gasteiger partial charge in [-0.05, 0) is 43.3 Å². The Balaban J connectivity index is 1.71. The van der Waals surface area contributed by atoms with E-state index >= 15 is 0 Å². The quantitative estimate of drug-likeness (QED) is 0.668. The molecule has 118 valence electrons. The summed E-state index contributed by atoms with van der Waals surface area (Å²) in [5.41, 5.74) is 0.745. The maximum absolute atomic E-state index is 11.8. The van der Waals surface area contributed by atoms with Gasteiger partial charge >= 0.3 is 5.97 Å². The molecule has 3 rings (SSSR count). The molecule has 3 aromatic rings. The van der Waals surface area contributed by atoms with Gasteiger partial charge in [0.25, 0.3) is 5.89 Å². The topological polar surface area (TPSA) is 87.6 Å². The SMILES string of the molecule is COc1ccc(-c2nnc([C@H](C)OC(=O)c3ccco3)o2)cc1. The summed E-state index contributed by atoms with van der Waals surface area (Å²) in [6.07, 6.45) is 0.711. The molecule has 0 N–H and O–H groups in total. The van der Waals surface area contributed by atoms with E-state index in [1.165, 1.54) is 12.3 Å². The zero-order chi connectivity index (χ0) is 16.2. The zero-order valence-electron chi connectivity index (χ0n) is 12.6. The summed E-state index contributed by atoms with van der Waals surface area (Å²) in [6.45, 7) is 1.64. The van der Waals surface area contributed by atoms with Crippen LogP contribution in [0.4, 0.5) is 0 Å². The standard InChI is InChI=1S/C16H14N2O5/c1-10(22-16(19)13-4-3-9-21-13)14-17-18-15(23-14)11-5-7-12(20-2)8-6-11/h3-10H,1-2H3/t10-/m0/s1. The van der Waals surface area contributed by atoms with Gasteiger partial charge in [0.05, 0.1) is 13.4 Å². The molecular weight excluding hydrogens is 300 g/mol. The number of carbonyl (C=O) groups is 1. The minimum Gasteiger partial charge on any atom is -0.497 e. The van der Waals surface area contributed by atoms with Gasteiger partial charge in [0.1, 0.15) is 5.75 Å². The maximum atomic E-state index is 11.8. The van der Waals surface area contributed by atoms with Crippen LogP contribution in [0.3, 0.4) is 0 Å². The van der Waals surface area contributed by atoms with Crippen LogP contribution in [0.5, 0.6) is 5.75 Å². The first-order chi connectivity index (χ1) is 11.2. The number of methoxy groups -OCH3 is 1. The number of aromatic nitrogens is 2. The molecule has 23 heavy (non-hydrogen) atoms. The fourth-order valence-corrected chi connectivity index (χ4v) is 1.91. The molecule has 0 saturated heterocycles. The van der Waals surface area contributed by atoms with Gasteiger partial charge in [0, 0.05) is 5.56 Å². The van der Waals surface area contributed by atoms with Crippen molar-refractivity contribution in [3.8, 4) is 17.2 Å². The Hall–Kier alpha value is -3.09. The van der Waals surface area contributed by atoms with Crippen LogP contribution in [-0.2, 0) is 4.74 Å². The molecule has 1 atom stereocenters. The predicted molar refractivity (Wildman–Crippen MR) is 78.8 cm³/mol. The van der Waals surface area contributed by atoms with E-state index in [0.717, 1.165) is 11.3 Å². The van der Waals surface area contributed by atoms with Crippen LogP contribution in [0.25, 0.3) is 11.5 Å². The Labute approximate surface area is 131 Å².